The Balaban J connectivity index is 2.02. The standard InChI is InChI=1S/C25H23F6N3O3S/c1-14-7-5-6-8-18(14)19-12-33-22(38(4,36)37)34-20(19)13-32-21(35)23(2,3)15-9-16(24(26,27)28)11-17(10-15)25(29,30)31/h5-12H,13H2,1-4H3,(H,32,35). The number of sulfone groups is 1. The van der Waals surface area contributed by atoms with Crippen molar-refractivity contribution in [2.45, 2.75) is 50.2 Å². The summed E-state index contributed by atoms with van der Waals surface area (Å²) >= 11 is 0. The molecule has 1 heterocycles. The van der Waals surface area contributed by atoms with Gasteiger partial charge in [-0.05, 0) is 55.7 Å². The molecule has 2 aromatic carbocycles. The lowest BCUT2D eigenvalue weighted by Gasteiger charge is -2.26. The Morgan fingerprint density at radius 2 is 1.42 bits per heavy atom. The summed E-state index contributed by atoms with van der Waals surface area (Å²) in [6, 6.07) is 8.00. The van der Waals surface area contributed by atoms with Crippen molar-refractivity contribution in [2.24, 2.45) is 0 Å². The van der Waals surface area contributed by atoms with E-state index in [-0.39, 0.29) is 18.3 Å². The first-order valence-corrected chi connectivity index (χ1v) is 12.9. The Labute approximate surface area is 215 Å². The van der Waals surface area contributed by atoms with Crippen LogP contribution in [0.25, 0.3) is 11.1 Å². The molecule has 0 saturated carbocycles. The van der Waals surface area contributed by atoms with Crippen molar-refractivity contribution in [1.29, 1.82) is 0 Å². The molecule has 0 atom stereocenters. The fourth-order valence-corrected chi connectivity index (χ4v) is 4.16. The number of alkyl halides is 6. The van der Waals surface area contributed by atoms with Crippen molar-refractivity contribution in [3.63, 3.8) is 0 Å². The maximum Gasteiger partial charge on any atom is 0.416 e. The van der Waals surface area contributed by atoms with Gasteiger partial charge in [0.25, 0.3) is 0 Å². The number of benzene rings is 2. The summed E-state index contributed by atoms with van der Waals surface area (Å²) in [4.78, 5) is 21.1. The molecule has 0 aliphatic heterocycles. The van der Waals surface area contributed by atoms with Crippen LogP contribution in [0.4, 0.5) is 26.3 Å². The molecular weight excluding hydrogens is 536 g/mol. The van der Waals surface area contributed by atoms with Gasteiger partial charge in [0.15, 0.2) is 0 Å². The minimum Gasteiger partial charge on any atom is -0.350 e. The van der Waals surface area contributed by atoms with Crippen molar-refractivity contribution in [2.75, 3.05) is 6.26 Å². The monoisotopic (exact) mass is 559 g/mol. The first kappa shape index (κ1) is 29.1. The summed E-state index contributed by atoms with van der Waals surface area (Å²) in [7, 11) is -3.83. The van der Waals surface area contributed by atoms with Gasteiger partial charge in [0.1, 0.15) is 0 Å². The molecule has 0 spiro atoms. The Morgan fingerprint density at radius 1 is 0.895 bits per heavy atom. The van der Waals surface area contributed by atoms with E-state index in [0.717, 1.165) is 11.8 Å². The Bertz CT molecular complexity index is 1450. The lowest BCUT2D eigenvalue weighted by molar-refractivity contribution is -0.143. The normalized spacial score (nSPS) is 12.9. The van der Waals surface area contributed by atoms with E-state index in [9.17, 15) is 39.6 Å². The number of aryl methyl sites for hydroxylation is 1. The maximum atomic E-state index is 13.3. The molecule has 1 N–H and O–H groups in total. The van der Waals surface area contributed by atoms with Crippen molar-refractivity contribution in [3.05, 3.63) is 76.6 Å². The highest BCUT2D eigenvalue weighted by Gasteiger charge is 2.40. The Hall–Kier alpha value is -3.48. The van der Waals surface area contributed by atoms with E-state index < -0.39 is 55.4 Å². The average Bonchev–Trinajstić information content (AvgIpc) is 2.80. The third-order valence-electron chi connectivity index (χ3n) is 5.91. The predicted octanol–water partition coefficient (Wildman–Crippen LogP) is 5.49. The summed E-state index contributed by atoms with van der Waals surface area (Å²) in [6.45, 7) is 3.78. The van der Waals surface area contributed by atoms with Gasteiger partial charge in [0.05, 0.1) is 28.8 Å². The molecule has 1 amide bonds. The smallest absolute Gasteiger partial charge is 0.350 e. The number of hydrogen-bond acceptors (Lipinski definition) is 5. The minimum absolute atomic E-state index is 0.0143. The SMILES string of the molecule is Cc1ccccc1-c1cnc(S(C)(=O)=O)nc1CNC(=O)C(C)(C)c1cc(C(F)(F)F)cc(C(F)(F)F)c1. The molecule has 13 heteroatoms. The molecule has 0 fully saturated rings. The van der Waals surface area contributed by atoms with Gasteiger partial charge in [0, 0.05) is 18.0 Å². The Kier molecular flexibility index (Phi) is 7.66. The van der Waals surface area contributed by atoms with Crippen LogP contribution < -0.4 is 5.32 Å². The highest BCUT2D eigenvalue weighted by atomic mass is 32.2. The molecule has 0 saturated heterocycles. The van der Waals surface area contributed by atoms with Crippen molar-refractivity contribution >= 4 is 15.7 Å². The van der Waals surface area contributed by atoms with E-state index in [1.54, 1.807) is 31.2 Å². The molecule has 38 heavy (non-hydrogen) atoms. The summed E-state index contributed by atoms with van der Waals surface area (Å²) in [5, 5.41) is 1.97. The second kappa shape index (κ2) is 10.0. The van der Waals surface area contributed by atoms with Gasteiger partial charge < -0.3 is 5.32 Å². The lowest BCUT2D eigenvalue weighted by atomic mass is 9.81. The molecule has 204 valence electrons. The molecule has 1 aromatic heterocycles. The van der Waals surface area contributed by atoms with Crippen molar-refractivity contribution < 1.29 is 39.6 Å². The third-order valence-corrected chi connectivity index (χ3v) is 6.77. The van der Waals surface area contributed by atoms with Crippen LogP contribution in [-0.4, -0.2) is 30.5 Å². The molecule has 0 aliphatic rings. The largest absolute Gasteiger partial charge is 0.416 e. The zero-order valence-electron chi connectivity index (χ0n) is 20.6. The van der Waals surface area contributed by atoms with E-state index in [0.29, 0.717) is 23.3 Å². The van der Waals surface area contributed by atoms with Crippen LogP contribution in [0.15, 0.2) is 53.8 Å². The molecule has 0 aliphatic carbocycles. The summed E-state index contributed by atoms with van der Waals surface area (Å²) in [5.41, 5.74) is -3.50. The predicted molar refractivity (Wildman–Crippen MR) is 127 cm³/mol. The van der Waals surface area contributed by atoms with Gasteiger partial charge in [-0.25, -0.2) is 18.4 Å². The summed E-state index contributed by atoms with van der Waals surface area (Å²) in [5.74, 6) is -0.903. The van der Waals surface area contributed by atoms with Gasteiger partial charge in [-0.3, -0.25) is 4.79 Å². The summed E-state index contributed by atoms with van der Waals surface area (Å²) in [6.07, 6.45) is -7.98. The number of halogens is 6. The molecular formula is C25H23F6N3O3S. The highest BCUT2D eigenvalue weighted by molar-refractivity contribution is 7.90. The molecule has 0 unspecified atom stereocenters. The van der Waals surface area contributed by atoms with Crippen LogP contribution in [0, 0.1) is 6.92 Å². The van der Waals surface area contributed by atoms with Crippen LogP contribution in [0.3, 0.4) is 0 Å². The second-order valence-electron chi connectivity index (χ2n) is 9.20. The minimum atomic E-state index is -5.08. The van der Waals surface area contributed by atoms with Gasteiger partial charge in [-0.1, -0.05) is 24.3 Å². The lowest BCUT2D eigenvalue weighted by Crippen LogP contribution is -2.40. The number of nitrogens with zero attached hydrogens (tertiary/aromatic N) is 2. The fraction of sp³-hybridized carbons (Fsp3) is 0.320. The van der Waals surface area contributed by atoms with Crippen LogP contribution in [0.2, 0.25) is 0 Å². The van der Waals surface area contributed by atoms with E-state index in [4.69, 9.17) is 0 Å². The van der Waals surface area contributed by atoms with Crippen LogP contribution >= 0.6 is 0 Å². The molecule has 6 nitrogen and oxygen atoms in total. The van der Waals surface area contributed by atoms with Crippen molar-refractivity contribution in [3.8, 4) is 11.1 Å². The molecule has 0 bridgehead atoms. The molecule has 0 radical (unpaired) electrons. The van der Waals surface area contributed by atoms with Crippen LogP contribution in [0.1, 0.15) is 41.8 Å². The quantitative estimate of drug-likeness (QED) is 0.319. The van der Waals surface area contributed by atoms with E-state index in [2.05, 4.69) is 15.3 Å². The number of carbonyl (C=O) groups is 1. The number of aromatic nitrogens is 2. The topological polar surface area (TPSA) is 89.0 Å². The highest BCUT2D eigenvalue weighted by Crippen LogP contribution is 2.39. The maximum absolute atomic E-state index is 13.3. The van der Waals surface area contributed by atoms with E-state index >= 15 is 0 Å². The first-order chi connectivity index (χ1) is 17.3. The Morgan fingerprint density at radius 3 is 1.92 bits per heavy atom. The number of carbonyl (C=O) groups excluding carboxylic acids is 1. The fourth-order valence-electron chi connectivity index (χ4n) is 3.64. The van der Waals surface area contributed by atoms with Crippen LogP contribution in [-0.2, 0) is 38.9 Å². The molecule has 3 aromatic rings. The van der Waals surface area contributed by atoms with Crippen molar-refractivity contribution in [1.82, 2.24) is 15.3 Å². The number of nitrogens with one attached hydrogen (secondary N) is 1. The third kappa shape index (κ3) is 6.32. The van der Waals surface area contributed by atoms with Gasteiger partial charge in [0.2, 0.25) is 20.9 Å². The zero-order valence-corrected chi connectivity index (χ0v) is 21.4. The van der Waals surface area contributed by atoms with E-state index in [1.807, 2.05) is 0 Å². The summed E-state index contributed by atoms with van der Waals surface area (Å²) < 4.78 is 104. The number of rotatable bonds is 6. The zero-order chi connectivity index (χ0) is 28.7. The van der Waals surface area contributed by atoms with Gasteiger partial charge >= 0.3 is 12.4 Å². The van der Waals surface area contributed by atoms with E-state index in [1.165, 1.54) is 20.0 Å². The first-order valence-electron chi connectivity index (χ1n) is 11.0. The number of amides is 1. The second-order valence-corrected chi connectivity index (χ2v) is 11.1. The van der Waals surface area contributed by atoms with Gasteiger partial charge in [-0.2, -0.15) is 26.3 Å². The number of hydrogen-bond donors (Lipinski definition) is 1. The molecule has 3 rings (SSSR count). The van der Waals surface area contributed by atoms with Crippen LogP contribution in [0.5, 0.6) is 0 Å². The van der Waals surface area contributed by atoms with Gasteiger partial charge in [-0.15, -0.1) is 0 Å². The average molecular weight is 560 g/mol.